The highest BCUT2D eigenvalue weighted by molar-refractivity contribution is 8.13. The van der Waals surface area contributed by atoms with Crippen molar-refractivity contribution >= 4 is 31.3 Å². The zero-order valence-electron chi connectivity index (χ0n) is 6.33. The van der Waals surface area contributed by atoms with Crippen molar-refractivity contribution in [2.75, 3.05) is 0 Å². The molecule has 0 amide bonds. The molecule has 0 aromatic heterocycles. The predicted molar refractivity (Wildman–Crippen MR) is 47.8 cm³/mol. The predicted octanol–water partition coefficient (Wildman–Crippen LogP) is 1.82. The van der Waals surface area contributed by atoms with Crippen molar-refractivity contribution in [2.45, 2.75) is 4.90 Å². The van der Waals surface area contributed by atoms with Crippen LogP contribution in [0.15, 0.2) is 11.0 Å². The van der Waals surface area contributed by atoms with Crippen LogP contribution in [0, 0.1) is 5.82 Å². The summed E-state index contributed by atoms with van der Waals surface area (Å²) in [4.78, 5) is -0.889. The molecule has 0 bridgehead atoms. The molecule has 0 aliphatic carbocycles. The van der Waals surface area contributed by atoms with E-state index in [0.29, 0.717) is 6.07 Å². The minimum Gasteiger partial charge on any atom is -0.504 e. The van der Waals surface area contributed by atoms with Crippen LogP contribution in [0.25, 0.3) is 0 Å². The van der Waals surface area contributed by atoms with Crippen LogP contribution in [-0.2, 0) is 9.05 Å². The summed E-state index contributed by atoms with van der Waals surface area (Å²) in [6.45, 7) is 0. The minimum absolute atomic E-state index is 0.556. The first-order chi connectivity index (χ1) is 6.25. The first-order valence-electron chi connectivity index (χ1n) is 3.09. The Morgan fingerprint density at radius 2 is 1.79 bits per heavy atom. The molecule has 0 aliphatic heterocycles. The summed E-state index contributed by atoms with van der Waals surface area (Å²) < 4.78 is 34.4. The van der Waals surface area contributed by atoms with Crippen LogP contribution in [-0.4, -0.2) is 18.6 Å². The van der Waals surface area contributed by atoms with E-state index in [4.69, 9.17) is 32.5 Å². The number of phenolic OH excluding ortho intramolecular Hbond substituents is 2. The monoisotopic (exact) mass is 260 g/mol. The highest BCUT2D eigenvalue weighted by Crippen LogP contribution is 2.38. The lowest BCUT2D eigenvalue weighted by Crippen LogP contribution is -1.94. The number of phenols is 2. The van der Waals surface area contributed by atoms with E-state index in [1.807, 2.05) is 0 Å². The molecule has 2 N–H and O–H groups in total. The zero-order chi connectivity index (χ0) is 11.1. The second-order valence-corrected chi connectivity index (χ2v) is 5.25. The summed E-state index contributed by atoms with van der Waals surface area (Å²) in [6.07, 6.45) is 0. The minimum atomic E-state index is -4.31. The van der Waals surface area contributed by atoms with Crippen molar-refractivity contribution in [2.24, 2.45) is 0 Å². The molecule has 0 aliphatic rings. The SMILES string of the molecule is O=S(=O)(Cl)c1cc(Cl)c(O)c(F)c1O. The topological polar surface area (TPSA) is 74.6 Å². The van der Waals surface area contributed by atoms with Crippen LogP contribution in [0.5, 0.6) is 11.5 Å². The lowest BCUT2D eigenvalue weighted by atomic mass is 10.3. The molecule has 4 nitrogen and oxygen atoms in total. The third-order valence-corrected chi connectivity index (χ3v) is 3.02. The van der Waals surface area contributed by atoms with Crippen molar-refractivity contribution in [1.82, 2.24) is 0 Å². The fourth-order valence-corrected chi connectivity index (χ4v) is 1.95. The molecular weight excluding hydrogens is 258 g/mol. The van der Waals surface area contributed by atoms with Crippen LogP contribution in [0.1, 0.15) is 0 Å². The molecule has 0 fully saturated rings. The Bertz CT molecular complexity index is 485. The maximum Gasteiger partial charge on any atom is 0.265 e. The molecule has 1 aromatic rings. The van der Waals surface area contributed by atoms with Crippen molar-refractivity contribution in [3.63, 3.8) is 0 Å². The van der Waals surface area contributed by atoms with Gasteiger partial charge in [0.2, 0.25) is 5.82 Å². The average Bonchev–Trinajstić information content (AvgIpc) is 2.06. The first kappa shape index (κ1) is 11.4. The van der Waals surface area contributed by atoms with E-state index < -0.39 is 36.3 Å². The van der Waals surface area contributed by atoms with Gasteiger partial charge in [-0.3, -0.25) is 0 Å². The Hall–Kier alpha value is -0.720. The highest BCUT2D eigenvalue weighted by atomic mass is 35.7. The molecule has 0 heterocycles. The molecule has 0 saturated carbocycles. The van der Waals surface area contributed by atoms with Gasteiger partial charge in [-0.25, -0.2) is 8.42 Å². The number of hydrogen-bond acceptors (Lipinski definition) is 4. The summed E-state index contributed by atoms with van der Waals surface area (Å²) in [5.74, 6) is -3.83. The van der Waals surface area contributed by atoms with Gasteiger partial charge in [-0.1, -0.05) is 11.6 Å². The Labute approximate surface area is 87.9 Å². The summed E-state index contributed by atoms with van der Waals surface area (Å²) in [5.41, 5.74) is 0. The number of aromatic hydroxyl groups is 2. The van der Waals surface area contributed by atoms with Crippen LogP contribution >= 0.6 is 22.3 Å². The van der Waals surface area contributed by atoms with Gasteiger partial charge in [-0.2, -0.15) is 4.39 Å². The second kappa shape index (κ2) is 3.45. The fourth-order valence-electron chi connectivity index (χ4n) is 0.763. The lowest BCUT2D eigenvalue weighted by molar-refractivity contribution is 0.380. The molecule has 0 saturated heterocycles. The molecule has 8 heteroatoms. The van der Waals surface area contributed by atoms with E-state index in [2.05, 4.69) is 0 Å². The maximum absolute atomic E-state index is 12.9. The maximum atomic E-state index is 12.9. The van der Waals surface area contributed by atoms with E-state index in [1.54, 1.807) is 0 Å². The number of benzene rings is 1. The number of halogens is 3. The molecule has 0 unspecified atom stereocenters. The van der Waals surface area contributed by atoms with E-state index in [9.17, 15) is 12.8 Å². The Balaban J connectivity index is 3.66. The van der Waals surface area contributed by atoms with Gasteiger partial charge < -0.3 is 10.2 Å². The van der Waals surface area contributed by atoms with E-state index in [1.165, 1.54) is 0 Å². The molecule has 0 spiro atoms. The van der Waals surface area contributed by atoms with Gasteiger partial charge in [0, 0.05) is 10.7 Å². The second-order valence-electron chi connectivity index (χ2n) is 2.31. The van der Waals surface area contributed by atoms with E-state index >= 15 is 0 Å². The third-order valence-electron chi connectivity index (χ3n) is 1.40. The molecule has 0 atom stereocenters. The van der Waals surface area contributed by atoms with Gasteiger partial charge in [-0.15, -0.1) is 0 Å². The number of hydrogen-bond donors (Lipinski definition) is 2. The Morgan fingerprint density at radius 3 is 2.21 bits per heavy atom. The van der Waals surface area contributed by atoms with Gasteiger partial charge in [0.05, 0.1) is 5.02 Å². The van der Waals surface area contributed by atoms with Crippen molar-refractivity contribution in [3.8, 4) is 11.5 Å². The first-order valence-corrected chi connectivity index (χ1v) is 5.78. The van der Waals surface area contributed by atoms with Gasteiger partial charge >= 0.3 is 0 Å². The lowest BCUT2D eigenvalue weighted by Gasteiger charge is -2.04. The fraction of sp³-hybridized carbons (Fsp3) is 0. The summed E-state index contributed by atoms with van der Waals surface area (Å²) >= 11 is 5.27. The standard InChI is InChI=1S/C6H3Cl2FO4S/c7-2-1-3(14(8,12)13)6(11)4(9)5(2)10/h1,10-11H. The average molecular weight is 261 g/mol. The van der Waals surface area contributed by atoms with E-state index in [-0.39, 0.29) is 0 Å². The van der Waals surface area contributed by atoms with Gasteiger partial charge in [-0.05, 0) is 6.07 Å². The van der Waals surface area contributed by atoms with Crippen molar-refractivity contribution < 1.29 is 23.0 Å². The molecule has 1 aromatic carbocycles. The molecule has 78 valence electrons. The van der Waals surface area contributed by atoms with Crippen LogP contribution in [0.2, 0.25) is 5.02 Å². The van der Waals surface area contributed by atoms with Gasteiger partial charge in [0.25, 0.3) is 9.05 Å². The van der Waals surface area contributed by atoms with Crippen molar-refractivity contribution in [1.29, 1.82) is 0 Å². The van der Waals surface area contributed by atoms with Crippen LogP contribution in [0.3, 0.4) is 0 Å². The largest absolute Gasteiger partial charge is 0.504 e. The Kier molecular flexibility index (Phi) is 2.80. The highest BCUT2D eigenvalue weighted by Gasteiger charge is 2.23. The summed E-state index contributed by atoms with van der Waals surface area (Å²) in [5, 5.41) is 17.3. The molecule has 0 radical (unpaired) electrons. The summed E-state index contributed by atoms with van der Waals surface area (Å²) in [7, 11) is 0.557. The van der Waals surface area contributed by atoms with E-state index in [0.717, 1.165) is 0 Å². The quantitative estimate of drug-likeness (QED) is 0.756. The third kappa shape index (κ3) is 1.87. The van der Waals surface area contributed by atoms with Crippen LogP contribution < -0.4 is 0 Å². The molecule has 1 rings (SSSR count). The molecular formula is C6H3Cl2FO4S. The molecule has 14 heavy (non-hydrogen) atoms. The summed E-state index contributed by atoms with van der Waals surface area (Å²) in [6, 6.07) is 0.650. The Morgan fingerprint density at radius 1 is 1.29 bits per heavy atom. The number of rotatable bonds is 1. The van der Waals surface area contributed by atoms with Gasteiger partial charge in [0.1, 0.15) is 4.90 Å². The smallest absolute Gasteiger partial charge is 0.265 e. The van der Waals surface area contributed by atoms with Gasteiger partial charge in [0.15, 0.2) is 11.5 Å². The normalized spacial score (nSPS) is 11.6. The van der Waals surface area contributed by atoms with Crippen molar-refractivity contribution in [3.05, 3.63) is 16.9 Å². The zero-order valence-corrected chi connectivity index (χ0v) is 8.66. The van der Waals surface area contributed by atoms with Crippen LogP contribution in [0.4, 0.5) is 4.39 Å².